The number of anilines is 3. The van der Waals surface area contributed by atoms with Crippen LogP contribution in [0.5, 0.6) is 0 Å². The molecule has 0 amide bonds. The Morgan fingerprint density at radius 1 is 1.42 bits per heavy atom. The molecule has 8 N–H and O–H groups in total. The topological polar surface area (TPSA) is 168 Å². The van der Waals surface area contributed by atoms with Gasteiger partial charge in [0.15, 0.2) is 5.82 Å². The zero-order valence-corrected chi connectivity index (χ0v) is 13.9. The molecule has 2 rings (SSSR count). The quantitative estimate of drug-likeness (QED) is 0.362. The van der Waals surface area contributed by atoms with Crippen LogP contribution in [0, 0.1) is 5.92 Å². The number of nitrogens with two attached hydrogens (primary N) is 2. The van der Waals surface area contributed by atoms with Crippen LogP contribution in [0.15, 0.2) is 4.79 Å². The van der Waals surface area contributed by atoms with Gasteiger partial charge in [-0.1, -0.05) is 13.8 Å². The van der Waals surface area contributed by atoms with Crippen LogP contribution in [0.1, 0.15) is 20.8 Å². The van der Waals surface area contributed by atoms with Crippen molar-refractivity contribution >= 4 is 23.4 Å². The van der Waals surface area contributed by atoms with Gasteiger partial charge in [-0.05, 0) is 12.8 Å². The molecule has 4 atom stereocenters. The Balaban J connectivity index is 2.04. The van der Waals surface area contributed by atoms with Crippen LogP contribution >= 0.6 is 0 Å². The Bertz CT molecular complexity index is 661. The number of nitrogens with one attached hydrogen (secondary N) is 3. The van der Waals surface area contributed by atoms with Crippen molar-refractivity contribution in [3.8, 4) is 0 Å². The summed E-state index contributed by atoms with van der Waals surface area (Å²) in [5.74, 6) is -0.338. The minimum absolute atomic E-state index is 0.00276. The SMILES string of the molecule is CC(C)[C@H](N)C(=O)O[C@@H](C)[C@H](O)[C@H]1CNc2nc(N)[nH]c(=O)c2N1. The number of hydrogen-bond donors (Lipinski definition) is 6. The molecule has 0 saturated heterocycles. The number of aromatic nitrogens is 2. The second-order valence-corrected chi connectivity index (χ2v) is 6.21. The Morgan fingerprint density at radius 3 is 2.71 bits per heavy atom. The lowest BCUT2D eigenvalue weighted by molar-refractivity contribution is -0.156. The van der Waals surface area contributed by atoms with E-state index in [1.807, 2.05) is 13.8 Å². The van der Waals surface area contributed by atoms with Gasteiger partial charge < -0.3 is 31.9 Å². The molecule has 2 heterocycles. The van der Waals surface area contributed by atoms with E-state index >= 15 is 0 Å². The first-order valence-electron chi connectivity index (χ1n) is 7.75. The number of ether oxygens (including phenoxy) is 1. The zero-order chi connectivity index (χ0) is 18.0. The van der Waals surface area contributed by atoms with Crippen LogP contribution in [0.4, 0.5) is 17.5 Å². The van der Waals surface area contributed by atoms with Gasteiger partial charge in [0.1, 0.15) is 23.9 Å². The Kier molecular flexibility index (Phi) is 5.30. The van der Waals surface area contributed by atoms with Crippen LogP contribution in [0.2, 0.25) is 0 Å². The van der Waals surface area contributed by atoms with Crippen LogP contribution in [-0.4, -0.2) is 51.9 Å². The molecule has 1 aliphatic heterocycles. The van der Waals surface area contributed by atoms with E-state index in [4.69, 9.17) is 16.2 Å². The van der Waals surface area contributed by atoms with Crippen LogP contribution < -0.4 is 27.7 Å². The highest BCUT2D eigenvalue weighted by atomic mass is 16.6. The number of rotatable bonds is 5. The molecule has 0 spiro atoms. The summed E-state index contributed by atoms with van der Waals surface area (Å²) in [6, 6.07) is -1.31. The predicted octanol–water partition coefficient (Wildman–Crippen LogP) is -1.17. The van der Waals surface area contributed by atoms with Crippen molar-refractivity contribution in [2.75, 3.05) is 22.9 Å². The molecular weight excluding hydrogens is 316 g/mol. The number of carbonyl (C=O) groups is 1. The number of aliphatic hydroxyl groups excluding tert-OH is 1. The molecule has 0 radical (unpaired) electrons. The minimum Gasteiger partial charge on any atom is -0.459 e. The molecule has 0 bridgehead atoms. The number of fused-ring (bicyclic) bond motifs is 1. The van der Waals surface area contributed by atoms with Gasteiger partial charge in [0.25, 0.3) is 5.56 Å². The van der Waals surface area contributed by atoms with E-state index in [2.05, 4.69) is 20.6 Å². The van der Waals surface area contributed by atoms with Crippen molar-refractivity contribution in [3.05, 3.63) is 10.4 Å². The summed E-state index contributed by atoms with van der Waals surface area (Å²) >= 11 is 0. The fraction of sp³-hybridized carbons (Fsp3) is 0.643. The number of carbonyl (C=O) groups excluding carboxylic acids is 1. The van der Waals surface area contributed by atoms with Crippen molar-refractivity contribution in [2.45, 2.75) is 45.1 Å². The van der Waals surface area contributed by atoms with E-state index in [-0.39, 0.29) is 24.1 Å². The summed E-state index contributed by atoms with van der Waals surface area (Å²) < 4.78 is 5.22. The second-order valence-electron chi connectivity index (χ2n) is 6.21. The highest BCUT2D eigenvalue weighted by Crippen LogP contribution is 2.22. The standard InChI is InChI=1S/C14H24N6O4/c1-5(2)8(15)13(23)24-6(3)10(21)7-4-17-11-9(18-7)12(22)20-14(16)19-11/h5-8,10,18,21H,4,15H2,1-3H3,(H4,16,17,19,20,22)/t6-,7+,8-,10-/m0/s1. The third-order valence-electron chi connectivity index (χ3n) is 3.94. The van der Waals surface area contributed by atoms with Crippen LogP contribution in [-0.2, 0) is 9.53 Å². The fourth-order valence-electron chi connectivity index (χ4n) is 2.33. The summed E-state index contributed by atoms with van der Waals surface area (Å²) in [5, 5.41) is 16.2. The summed E-state index contributed by atoms with van der Waals surface area (Å²) in [7, 11) is 0. The van der Waals surface area contributed by atoms with Gasteiger partial charge in [-0.25, -0.2) is 0 Å². The van der Waals surface area contributed by atoms with Crippen molar-refractivity contribution in [1.29, 1.82) is 0 Å². The maximum absolute atomic E-state index is 11.9. The number of nitrogens with zero attached hydrogens (tertiary/aromatic N) is 1. The number of aliphatic hydroxyl groups is 1. The normalized spacial score (nSPS) is 20.3. The van der Waals surface area contributed by atoms with Gasteiger partial charge in [-0.3, -0.25) is 14.6 Å². The summed E-state index contributed by atoms with van der Waals surface area (Å²) in [4.78, 5) is 30.1. The second kappa shape index (κ2) is 7.05. The molecule has 24 heavy (non-hydrogen) atoms. The van der Waals surface area contributed by atoms with Crippen LogP contribution in [0.3, 0.4) is 0 Å². The maximum Gasteiger partial charge on any atom is 0.323 e. The number of nitrogen functional groups attached to an aromatic ring is 1. The summed E-state index contributed by atoms with van der Waals surface area (Å²) in [6.07, 6.45) is -1.85. The molecule has 0 aliphatic carbocycles. The summed E-state index contributed by atoms with van der Waals surface area (Å²) in [5.41, 5.74) is 10.9. The van der Waals surface area contributed by atoms with E-state index in [1.54, 1.807) is 6.92 Å². The highest BCUT2D eigenvalue weighted by Gasteiger charge is 2.33. The van der Waals surface area contributed by atoms with Gasteiger partial charge in [0.2, 0.25) is 5.95 Å². The van der Waals surface area contributed by atoms with E-state index < -0.39 is 35.8 Å². The molecule has 0 saturated carbocycles. The van der Waals surface area contributed by atoms with E-state index in [9.17, 15) is 14.7 Å². The highest BCUT2D eigenvalue weighted by molar-refractivity contribution is 5.76. The molecule has 10 heteroatoms. The number of aromatic amines is 1. The Morgan fingerprint density at radius 2 is 2.08 bits per heavy atom. The maximum atomic E-state index is 11.9. The van der Waals surface area contributed by atoms with Gasteiger partial charge in [-0.2, -0.15) is 4.98 Å². The minimum atomic E-state index is -1.05. The van der Waals surface area contributed by atoms with Gasteiger partial charge in [-0.15, -0.1) is 0 Å². The molecule has 0 fully saturated rings. The summed E-state index contributed by atoms with van der Waals surface area (Å²) in [6.45, 7) is 5.46. The Labute approximate surface area is 139 Å². The number of H-pyrrole nitrogens is 1. The van der Waals surface area contributed by atoms with E-state index in [1.165, 1.54) is 0 Å². The molecule has 1 aromatic heterocycles. The fourth-order valence-corrected chi connectivity index (χ4v) is 2.33. The molecule has 10 nitrogen and oxygen atoms in total. The van der Waals surface area contributed by atoms with Crippen molar-refractivity contribution in [2.24, 2.45) is 11.7 Å². The van der Waals surface area contributed by atoms with Crippen molar-refractivity contribution < 1.29 is 14.6 Å². The molecule has 134 valence electrons. The molecule has 0 aromatic carbocycles. The monoisotopic (exact) mass is 340 g/mol. The number of hydrogen-bond acceptors (Lipinski definition) is 9. The first-order valence-corrected chi connectivity index (χ1v) is 7.75. The van der Waals surface area contributed by atoms with Crippen molar-refractivity contribution in [1.82, 2.24) is 9.97 Å². The lowest BCUT2D eigenvalue weighted by Gasteiger charge is -2.33. The van der Waals surface area contributed by atoms with E-state index in [0.717, 1.165) is 0 Å². The Hall–Kier alpha value is -2.33. The smallest absolute Gasteiger partial charge is 0.323 e. The van der Waals surface area contributed by atoms with Gasteiger partial charge in [0.05, 0.1) is 6.04 Å². The third-order valence-corrected chi connectivity index (χ3v) is 3.94. The largest absolute Gasteiger partial charge is 0.459 e. The van der Waals surface area contributed by atoms with Gasteiger partial charge in [0, 0.05) is 6.54 Å². The number of esters is 1. The lowest BCUT2D eigenvalue weighted by atomic mass is 10.0. The van der Waals surface area contributed by atoms with Gasteiger partial charge >= 0.3 is 5.97 Å². The molecule has 1 aliphatic rings. The average molecular weight is 340 g/mol. The predicted molar refractivity (Wildman–Crippen MR) is 89.5 cm³/mol. The third kappa shape index (κ3) is 3.77. The average Bonchev–Trinajstić information content (AvgIpc) is 2.52. The molecule has 0 unspecified atom stereocenters. The zero-order valence-electron chi connectivity index (χ0n) is 13.9. The van der Waals surface area contributed by atoms with Crippen LogP contribution in [0.25, 0.3) is 0 Å². The lowest BCUT2D eigenvalue weighted by Crippen LogP contribution is -2.51. The van der Waals surface area contributed by atoms with E-state index in [0.29, 0.717) is 5.82 Å². The molecular formula is C14H24N6O4. The first kappa shape index (κ1) is 18.0. The molecule has 1 aromatic rings. The first-order chi connectivity index (χ1) is 11.2. The van der Waals surface area contributed by atoms with Crippen molar-refractivity contribution in [3.63, 3.8) is 0 Å².